The molecule has 2 aromatic carbocycles. The summed E-state index contributed by atoms with van der Waals surface area (Å²) in [6.07, 6.45) is 3.59. The van der Waals surface area contributed by atoms with Crippen LogP contribution in [0.5, 0.6) is 0 Å². The van der Waals surface area contributed by atoms with Crippen molar-refractivity contribution in [3.63, 3.8) is 0 Å². The first-order valence-electron chi connectivity index (χ1n) is 8.19. The van der Waals surface area contributed by atoms with Crippen LogP contribution in [0.1, 0.15) is 16.1 Å². The van der Waals surface area contributed by atoms with Gasteiger partial charge in [-0.1, -0.05) is 23.7 Å². The molecule has 0 unspecified atom stereocenters. The van der Waals surface area contributed by atoms with Gasteiger partial charge >= 0.3 is 0 Å². The third-order valence-corrected chi connectivity index (χ3v) is 4.52. The number of carbonyl (C=O) groups excluding carboxylic acids is 1. The molecule has 0 aliphatic heterocycles. The maximum absolute atomic E-state index is 13.2. The fraction of sp³-hybridized carbons (Fsp3) is 0.0500. The average Bonchev–Trinajstić information content (AvgIpc) is 2.99. The number of nitrogens with one attached hydrogen (secondary N) is 1. The van der Waals surface area contributed by atoms with Gasteiger partial charge in [-0.3, -0.25) is 9.20 Å². The van der Waals surface area contributed by atoms with Crippen LogP contribution in [0.15, 0.2) is 60.9 Å². The number of anilines is 1. The Morgan fingerprint density at radius 2 is 2.04 bits per heavy atom. The van der Waals surface area contributed by atoms with Crippen LogP contribution in [0.25, 0.3) is 17.0 Å². The first-order chi connectivity index (χ1) is 13.0. The third-order valence-electron chi connectivity index (χ3n) is 4.21. The van der Waals surface area contributed by atoms with Gasteiger partial charge in [0.25, 0.3) is 5.91 Å². The number of hydrogen-bond acceptors (Lipinski definition) is 3. The predicted molar refractivity (Wildman–Crippen MR) is 103 cm³/mol. The quantitative estimate of drug-likeness (QED) is 0.558. The molecule has 5 nitrogen and oxygen atoms in total. The van der Waals surface area contributed by atoms with E-state index in [1.54, 1.807) is 12.3 Å². The molecule has 0 saturated carbocycles. The fourth-order valence-electron chi connectivity index (χ4n) is 2.89. The summed E-state index contributed by atoms with van der Waals surface area (Å²) in [6, 6.07) is 12.8. The summed E-state index contributed by atoms with van der Waals surface area (Å²) < 4.78 is 15.1. The monoisotopic (exact) mass is 380 g/mol. The number of fused-ring (bicyclic) bond motifs is 1. The Morgan fingerprint density at radius 3 is 2.81 bits per heavy atom. The molecule has 0 spiro atoms. The molecule has 0 bridgehead atoms. The zero-order valence-electron chi connectivity index (χ0n) is 14.3. The number of rotatable bonds is 3. The number of amides is 1. The second-order valence-corrected chi connectivity index (χ2v) is 6.40. The van der Waals surface area contributed by atoms with Crippen molar-refractivity contribution in [1.29, 1.82) is 0 Å². The lowest BCUT2D eigenvalue weighted by Gasteiger charge is -2.08. The number of carbonyl (C=O) groups is 1. The van der Waals surface area contributed by atoms with Crippen LogP contribution in [0.4, 0.5) is 10.1 Å². The van der Waals surface area contributed by atoms with E-state index in [-0.39, 0.29) is 10.6 Å². The van der Waals surface area contributed by atoms with Gasteiger partial charge in [0.05, 0.1) is 16.3 Å². The summed E-state index contributed by atoms with van der Waals surface area (Å²) in [5, 5.41) is 2.85. The fourth-order valence-corrected chi connectivity index (χ4v) is 3.15. The molecule has 0 aliphatic rings. The lowest BCUT2D eigenvalue weighted by molar-refractivity contribution is 0.102. The van der Waals surface area contributed by atoms with E-state index in [0.29, 0.717) is 11.5 Å². The average molecular weight is 381 g/mol. The minimum Gasteiger partial charge on any atom is -0.322 e. The van der Waals surface area contributed by atoms with Crippen molar-refractivity contribution in [2.24, 2.45) is 0 Å². The molecule has 0 radical (unpaired) electrons. The highest BCUT2D eigenvalue weighted by atomic mass is 35.5. The summed E-state index contributed by atoms with van der Waals surface area (Å²) in [5.74, 6) is -0.294. The molecule has 2 heterocycles. The molecular formula is C20H14ClFN4O. The van der Waals surface area contributed by atoms with Gasteiger partial charge < -0.3 is 5.32 Å². The van der Waals surface area contributed by atoms with Gasteiger partial charge in [0.15, 0.2) is 0 Å². The van der Waals surface area contributed by atoms with Crippen LogP contribution in [0, 0.1) is 12.7 Å². The zero-order chi connectivity index (χ0) is 19.0. The molecule has 0 aliphatic carbocycles. The van der Waals surface area contributed by atoms with Crippen molar-refractivity contribution in [3.05, 3.63) is 83.0 Å². The standard InChI is InChI=1S/C20H14ClFN4O/c1-12-18(25-20-23-8-3-9-26(12)20)13-4-2-5-15(10-13)24-19(27)16-7-6-14(22)11-17(16)21/h2-11H,1H3,(H,24,27). The van der Waals surface area contributed by atoms with E-state index in [9.17, 15) is 9.18 Å². The minimum absolute atomic E-state index is 0.0610. The van der Waals surface area contributed by atoms with Crippen molar-refractivity contribution in [2.75, 3.05) is 5.32 Å². The molecule has 1 amide bonds. The Hall–Kier alpha value is -3.25. The van der Waals surface area contributed by atoms with Gasteiger partial charge in [0, 0.05) is 29.3 Å². The third kappa shape index (κ3) is 3.27. The van der Waals surface area contributed by atoms with Gasteiger partial charge in [-0.15, -0.1) is 0 Å². The Kier molecular flexibility index (Phi) is 4.33. The number of imidazole rings is 1. The maximum atomic E-state index is 13.2. The van der Waals surface area contributed by atoms with Gasteiger partial charge in [-0.05, 0) is 43.3 Å². The van der Waals surface area contributed by atoms with E-state index >= 15 is 0 Å². The van der Waals surface area contributed by atoms with Crippen molar-refractivity contribution in [1.82, 2.24) is 14.4 Å². The number of hydrogen-bond donors (Lipinski definition) is 1. The van der Waals surface area contributed by atoms with E-state index in [1.807, 2.05) is 41.8 Å². The van der Waals surface area contributed by atoms with E-state index in [1.165, 1.54) is 12.1 Å². The van der Waals surface area contributed by atoms with Crippen LogP contribution in [-0.2, 0) is 0 Å². The normalized spacial score (nSPS) is 10.9. The van der Waals surface area contributed by atoms with Crippen molar-refractivity contribution < 1.29 is 9.18 Å². The van der Waals surface area contributed by atoms with Gasteiger partial charge in [-0.25, -0.2) is 14.4 Å². The van der Waals surface area contributed by atoms with E-state index in [4.69, 9.17) is 11.6 Å². The second-order valence-electron chi connectivity index (χ2n) is 5.99. The SMILES string of the molecule is Cc1c(-c2cccc(NC(=O)c3ccc(F)cc3Cl)c2)nc2ncccn12. The van der Waals surface area contributed by atoms with Crippen LogP contribution < -0.4 is 5.32 Å². The largest absolute Gasteiger partial charge is 0.322 e. The number of benzene rings is 2. The van der Waals surface area contributed by atoms with Gasteiger partial charge in [0.2, 0.25) is 5.78 Å². The summed E-state index contributed by atoms with van der Waals surface area (Å²) >= 11 is 5.96. The predicted octanol–water partition coefficient (Wildman–Crippen LogP) is 4.75. The first-order valence-corrected chi connectivity index (χ1v) is 8.57. The topological polar surface area (TPSA) is 59.3 Å². The van der Waals surface area contributed by atoms with Crippen molar-refractivity contribution in [2.45, 2.75) is 6.92 Å². The molecule has 7 heteroatoms. The van der Waals surface area contributed by atoms with Crippen molar-refractivity contribution >= 4 is 29.0 Å². The smallest absolute Gasteiger partial charge is 0.257 e. The summed E-state index contributed by atoms with van der Waals surface area (Å²) in [5.41, 5.74) is 3.37. The lowest BCUT2D eigenvalue weighted by atomic mass is 10.1. The van der Waals surface area contributed by atoms with E-state index in [0.717, 1.165) is 23.0 Å². The Morgan fingerprint density at radius 1 is 1.19 bits per heavy atom. The molecule has 0 atom stereocenters. The Balaban J connectivity index is 1.66. The lowest BCUT2D eigenvalue weighted by Crippen LogP contribution is -2.12. The molecule has 4 aromatic rings. The maximum Gasteiger partial charge on any atom is 0.257 e. The highest BCUT2D eigenvalue weighted by Gasteiger charge is 2.14. The molecule has 27 heavy (non-hydrogen) atoms. The summed E-state index contributed by atoms with van der Waals surface area (Å²) in [4.78, 5) is 21.3. The molecule has 2 aromatic heterocycles. The number of aryl methyl sites for hydroxylation is 1. The zero-order valence-corrected chi connectivity index (χ0v) is 15.0. The van der Waals surface area contributed by atoms with Gasteiger partial charge in [-0.2, -0.15) is 0 Å². The molecule has 134 valence electrons. The number of nitrogens with zero attached hydrogens (tertiary/aromatic N) is 3. The second kappa shape index (κ2) is 6.81. The van der Waals surface area contributed by atoms with E-state index in [2.05, 4.69) is 15.3 Å². The van der Waals surface area contributed by atoms with Crippen molar-refractivity contribution in [3.8, 4) is 11.3 Å². The van der Waals surface area contributed by atoms with Crippen LogP contribution in [0.2, 0.25) is 5.02 Å². The van der Waals surface area contributed by atoms with Crippen LogP contribution in [-0.4, -0.2) is 20.3 Å². The molecule has 1 N–H and O–H groups in total. The van der Waals surface area contributed by atoms with Crippen LogP contribution >= 0.6 is 11.6 Å². The Labute approximate surface area is 159 Å². The summed E-state index contributed by atoms with van der Waals surface area (Å²) in [6.45, 7) is 1.96. The molecule has 0 fully saturated rings. The minimum atomic E-state index is -0.491. The van der Waals surface area contributed by atoms with Gasteiger partial charge in [0.1, 0.15) is 5.82 Å². The number of halogens is 2. The highest BCUT2D eigenvalue weighted by Crippen LogP contribution is 2.26. The highest BCUT2D eigenvalue weighted by molar-refractivity contribution is 6.34. The molecule has 4 rings (SSSR count). The summed E-state index contributed by atoms with van der Waals surface area (Å²) in [7, 11) is 0. The molecular weight excluding hydrogens is 367 g/mol. The number of aromatic nitrogens is 3. The molecule has 0 saturated heterocycles. The van der Waals surface area contributed by atoms with E-state index < -0.39 is 11.7 Å². The Bertz CT molecular complexity index is 1170. The van der Waals surface area contributed by atoms with Crippen LogP contribution in [0.3, 0.4) is 0 Å². The first kappa shape index (κ1) is 17.2.